The minimum Gasteiger partial charge on any atom is -0.507 e. The van der Waals surface area contributed by atoms with E-state index in [0.29, 0.717) is 17.7 Å². The predicted molar refractivity (Wildman–Crippen MR) is 107 cm³/mol. The van der Waals surface area contributed by atoms with Gasteiger partial charge in [0.1, 0.15) is 10.8 Å². The lowest BCUT2D eigenvalue weighted by molar-refractivity contribution is 0.0691. The highest BCUT2D eigenvalue weighted by Gasteiger charge is 2.27. The van der Waals surface area contributed by atoms with E-state index in [1.54, 1.807) is 12.3 Å². The highest BCUT2D eigenvalue weighted by molar-refractivity contribution is 7.80. The molecule has 1 heterocycles. The van der Waals surface area contributed by atoms with E-state index in [9.17, 15) is 15.0 Å². The van der Waals surface area contributed by atoms with Crippen LogP contribution in [0.1, 0.15) is 74.2 Å². The van der Waals surface area contributed by atoms with Crippen molar-refractivity contribution in [2.24, 2.45) is 0 Å². The summed E-state index contributed by atoms with van der Waals surface area (Å²) < 4.78 is 0. The first-order valence-corrected chi connectivity index (χ1v) is 9.04. The van der Waals surface area contributed by atoms with Gasteiger partial charge in [-0.3, -0.25) is 0 Å². The summed E-state index contributed by atoms with van der Waals surface area (Å²) in [5.41, 5.74) is 2.99. The van der Waals surface area contributed by atoms with E-state index < -0.39 is 5.97 Å². The van der Waals surface area contributed by atoms with Crippen molar-refractivity contribution in [2.75, 3.05) is 0 Å². The number of benzene rings is 1. The van der Waals surface area contributed by atoms with Crippen LogP contribution in [0.25, 0.3) is 0 Å². The van der Waals surface area contributed by atoms with Crippen molar-refractivity contribution in [3.05, 3.63) is 52.2 Å². The maximum absolute atomic E-state index is 11.6. The molecule has 0 radical (unpaired) electrons. The zero-order chi connectivity index (χ0) is 19.9. The van der Waals surface area contributed by atoms with Crippen molar-refractivity contribution in [3.63, 3.8) is 0 Å². The first-order valence-electron chi connectivity index (χ1n) is 8.59. The molecule has 0 aliphatic rings. The molecule has 2 aromatic rings. The van der Waals surface area contributed by atoms with Gasteiger partial charge in [-0.2, -0.15) is 0 Å². The van der Waals surface area contributed by atoms with Gasteiger partial charge in [0.05, 0.1) is 5.56 Å². The second-order valence-corrected chi connectivity index (χ2v) is 9.11. The SMILES string of the molecule is CC(C)(C)c1cc(Cc2ccnc(S)c2C(=O)O)cc(C(C)(C)C)c1O. The number of rotatable bonds is 3. The van der Waals surface area contributed by atoms with E-state index in [2.05, 4.69) is 59.2 Å². The number of aromatic carboxylic acids is 1. The van der Waals surface area contributed by atoms with Crippen LogP contribution in [0.15, 0.2) is 29.4 Å². The molecule has 5 heteroatoms. The van der Waals surface area contributed by atoms with Crippen LogP contribution in [0, 0.1) is 0 Å². The zero-order valence-electron chi connectivity index (χ0n) is 16.2. The van der Waals surface area contributed by atoms with Gasteiger partial charge in [0.15, 0.2) is 0 Å². The van der Waals surface area contributed by atoms with Gasteiger partial charge in [0, 0.05) is 6.20 Å². The van der Waals surface area contributed by atoms with Crippen molar-refractivity contribution in [1.82, 2.24) is 4.98 Å². The van der Waals surface area contributed by atoms with Crippen LogP contribution >= 0.6 is 12.6 Å². The topological polar surface area (TPSA) is 70.4 Å². The van der Waals surface area contributed by atoms with Crippen molar-refractivity contribution < 1.29 is 15.0 Å². The van der Waals surface area contributed by atoms with Crippen LogP contribution < -0.4 is 0 Å². The Balaban J connectivity index is 2.65. The van der Waals surface area contributed by atoms with Gasteiger partial charge in [0.2, 0.25) is 0 Å². The number of aromatic hydroxyl groups is 1. The molecule has 0 saturated heterocycles. The third-order valence-corrected chi connectivity index (χ3v) is 4.75. The second-order valence-electron chi connectivity index (χ2n) is 8.69. The minimum absolute atomic E-state index is 0.124. The average molecular weight is 374 g/mol. The van der Waals surface area contributed by atoms with E-state index in [-0.39, 0.29) is 21.4 Å². The van der Waals surface area contributed by atoms with Crippen LogP contribution in [0.3, 0.4) is 0 Å². The Morgan fingerprint density at radius 1 is 1.08 bits per heavy atom. The molecule has 0 spiro atoms. The highest BCUT2D eigenvalue weighted by atomic mass is 32.1. The minimum atomic E-state index is -1.04. The molecule has 0 aliphatic carbocycles. The van der Waals surface area contributed by atoms with Crippen molar-refractivity contribution in [1.29, 1.82) is 0 Å². The molecule has 0 aliphatic heterocycles. The molecule has 26 heavy (non-hydrogen) atoms. The largest absolute Gasteiger partial charge is 0.507 e. The molecule has 140 valence electrons. The fourth-order valence-corrected chi connectivity index (χ4v) is 3.34. The van der Waals surface area contributed by atoms with Crippen molar-refractivity contribution in [3.8, 4) is 5.75 Å². The van der Waals surface area contributed by atoms with E-state index in [1.165, 1.54) is 0 Å². The molecule has 0 atom stereocenters. The summed E-state index contributed by atoms with van der Waals surface area (Å²) in [7, 11) is 0. The Morgan fingerprint density at radius 2 is 1.58 bits per heavy atom. The third kappa shape index (κ3) is 4.21. The van der Waals surface area contributed by atoms with Gasteiger partial charge in [0.25, 0.3) is 0 Å². The predicted octanol–water partition coefficient (Wildman–Crippen LogP) is 4.96. The van der Waals surface area contributed by atoms with Gasteiger partial charge >= 0.3 is 5.97 Å². The summed E-state index contributed by atoms with van der Waals surface area (Å²) in [6, 6.07) is 5.65. The molecule has 1 aromatic heterocycles. The number of aromatic nitrogens is 1. The lowest BCUT2D eigenvalue weighted by Gasteiger charge is -2.28. The maximum Gasteiger partial charge on any atom is 0.338 e. The normalized spacial score (nSPS) is 12.3. The number of hydrogen-bond donors (Lipinski definition) is 3. The number of carboxylic acid groups (broad SMARTS) is 1. The lowest BCUT2D eigenvalue weighted by atomic mass is 9.78. The summed E-state index contributed by atoms with van der Waals surface area (Å²) in [4.78, 5) is 15.6. The quantitative estimate of drug-likeness (QED) is 0.665. The van der Waals surface area contributed by atoms with Crippen LogP contribution in [-0.2, 0) is 17.3 Å². The van der Waals surface area contributed by atoms with E-state index in [4.69, 9.17) is 0 Å². The van der Waals surface area contributed by atoms with Gasteiger partial charge < -0.3 is 10.2 Å². The Kier molecular flexibility index (Phi) is 5.43. The van der Waals surface area contributed by atoms with E-state index >= 15 is 0 Å². The van der Waals surface area contributed by atoms with Gasteiger partial charge in [-0.25, -0.2) is 9.78 Å². The molecule has 0 fully saturated rings. The molecule has 1 aromatic carbocycles. The van der Waals surface area contributed by atoms with Crippen LogP contribution in [-0.4, -0.2) is 21.2 Å². The Bertz CT molecular complexity index is 810. The number of phenolic OH excluding ortho intramolecular Hbond substituents is 1. The molecular weight excluding hydrogens is 346 g/mol. The molecule has 0 unspecified atom stereocenters. The number of thiol groups is 1. The summed E-state index contributed by atoms with van der Waals surface area (Å²) in [5, 5.41) is 20.5. The number of nitrogens with zero attached hydrogens (tertiary/aromatic N) is 1. The summed E-state index contributed by atoms with van der Waals surface area (Å²) in [6.07, 6.45) is 2.00. The summed E-state index contributed by atoms with van der Waals surface area (Å²) >= 11 is 4.19. The third-order valence-electron chi connectivity index (χ3n) is 4.41. The first-order chi connectivity index (χ1) is 11.8. The van der Waals surface area contributed by atoms with E-state index in [0.717, 1.165) is 16.7 Å². The number of carboxylic acids is 1. The van der Waals surface area contributed by atoms with Crippen molar-refractivity contribution >= 4 is 18.6 Å². The van der Waals surface area contributed by atoms with Crippen LogP contribution in [0.4, 0.5) is 0 Å². The highest BCUT2D eigenvalue weighted by Crippen LogP contribution is 2.40. The molecule has 4 nitrogen and oxygen atoms in total. The Morgan fingerprint density at radius 3 is 2.00 bits per heavy atom. The molecular formula is C21H27NO3S. The number of hydrogen-bond acceptors (Lipinski definition) is 4. The Hall–Kier alpha value is -2.01. The van der Waals surface area contributed by atoms with Crippen LogP contribution in [0.2, 0.25) is 0 Å². The number of pyridine rings is 1. The average Bonchev–Trinajstić information content (AvgIpc) is 2.46. The monoisotopic (exact) mass is 373 g/mol. The smallest absolute Gasteiger partial charge is 0.338 e. The fraction of sp³-hybridized carbons (Fsp3) is 0.429. The second kappa shape index (κ2) is 6.95. The summed E-state index contributed by atoms with van der Waals surface area (Å²) in [6.45, 7) is 12.3. The lowest BCUT2D eigenvalue weighted by Crippen LogP contribution is -2.18. The van der Waals surface area contributed by atoms with Gasteiger partial charge in [-0.05, 0) is 45.6 Å². The van der Waals surface area contributed by atoms with Gasteiger partial charge in [-0.15, -0.1) is 12.6 Å². The van der Waals surface area contributed by atoms with Gasteiger partial charge in [-0.1, -0.05) is 53.7 Å². The first kappa shape index (κ1) is 20.3. The summed E-state index contributed by atoms with van der Waals surface area (Å²) in [5.74, 6) is -0.721. The molecule has 0 bridgehead atoms. The zero-order valence-corrected chi connectivity index (χ0v) is 17.1. The molecule has 0 saturated carbocycles. The standard InChI is InChI=1S/C21H27NO3S/c1-20(2,3)14-10-12(11-15(17(14)23)21(4,5)6)9-13-7-8-22-18(26)16(13)19(24)25/h7-8,10-11,23H,9H2,1-6H3,(H,22,26)(H,24,25). The molecule has 2 N–H and O–H groups in total. The van der Waals surface area contributed by atoms with Crippen molar-refractivity contribution in [2.45, 2.75) is 63.8 Å². The Labute approximate surface area is 160 Å². The maximum atomic E-state index is 11.6. The number of carbonyl (C=O) groups is 1. The van der Waals surface area contributed by atoms with E-state index in [1.807, 2.05) is 12.1 Å². The molecule has 0 amide bonds. The molecule has 2 rings (SSSR count). The number of phenols is 1. The fourth-order valence-electron chi connectivity index (χ4n) is 3.03. The van der Waals surface area contributed by atoms with Crippen LogP contribution in [0.5, 0.6) is 5.75 Å².